The Labute approximate surface area is 242 Å². The average molecular weight is 582 g/mol. The first-order chi connectivity index (χ1) is 18.9. The maximum absolute atomic E-state index is 12.9. The second-order valence-corrected chi connectivity index (χ2v) is 12.8. The van der Waals surface area contributed by atoms with E-state index in [4.69, 9.17) is 14.2 Å². The van der Waals surface area contributed by atoms with Crippen LogP contribution in [-0.4, -0.2) is 83.8 Å². The van der Waals surface area contributed by atoms with Crippen LogP contribution in [0.1, 0.15) is 93.9 Å². The first-order valence-electron chi connectivity index (χ1n) is 14.2. The minimum absolute atomic E-state index is 0.0376. The molecule has 2 aliphatic rings. The highest BCUT2D eigenvalue weighted by molar-refractivity contribution is 5.84. The van der Waals surface area contributed by atoms with Gasteiger partial charge in [-0.3, -0.25) is 4.79 Å². The summed E-state index contributed by atoms with van der Waals surface area (Å²) in [5.74, 6) is -0.963. The molecule has 14 nitrogen and oxygen atoms in total. The van der Waals surface area contributed by atoms with Crippen LogP contribution in [0.4, 0.5) is 9.59 Å². The maximum Gasteiger partial charge on any atom is 0.410 e. The SMILES string of the molecule is CC1(CCOC(=O)[C@H](CCCCNC(=O)OC(C)(C)C)NC(=O)CCN(CCC2(C)N=N2)C(=O)OC(C)(C)C)N=N1. The van der Waals surface area contributed by atoms with E-state index in [0.29, 0.717) is 45.2 Å². The van der Waals surface area contributed by atoms with Crippen molar-refractivity contribution < 1.29 is 33.4 Å². The Kier molecular flexibility index (Phi) is 11.6. The summed E-state index contributed by atoms with van der Waals surface area (Å²) in [7, 11) is 0. The van der Waals surface area contributed by atoms with E-state index in [2.05, 4.69) is 31.1 Å². The molecule has 2 N–H and O–H groups in total. The van der Waals surface area contributed by atoms with Crippen LogP contribution in [0.2, 0.25) is 0 Å². The Balaban J connectivity index is 1.88. The summed E-state index contributed by atoms with van der Waals surface area (Å²) in [6.07, 6.45) is 1.29. The van der Waals surface area contributed by atoms with Gasteiger partial charge in [-0.05, 0) is 74.7 Å². The lowest BCUT2D eigenvalue weighted by molar-refractivity contribution is -0.148. The van der Waals surface area contributed by atoms with E-state index in [0.717, 1.165) is 0 Å². The average Bonchev–Trinajstić information content (AvgIpc) is 3.74. The minimum atomic E-state index is -0.886. The highest BCUT2D eigenvalue weighted by Gasteiger charge is 2.36. The summed E-state index contributed by atoms with van der Waals surface area (Å²) in [6.45, 7) is 15.2. The molecule has 232 valence electrons. The molecule has 2 aliphatic heterocycles. The second kappa shape index (κ2) is 14.0. The molecule has 0 aromatic carbocycles. The van der Waals surface area contributed by atoms with Gasteiger partial charge in [-0.25, -0.2) is 14.4 Å². The van der Waals surface area contributed by atoms with Crippen LogP contribution < -0.4 is 10.6 Å². The van der Waals surface area contributed by atoms with Crippen LogP contribution in [0.3, 0.4) is 0 Å². The van der Waals surface area contributed by atoms with Gasteiger partial charge in [-0.1, -0.05) is 0 Å². The Morgan fingerprint density at radius 2 is 1.41 bits per heavy atom. The van der Waals surface area contributed by atoms with Gasteiger partial charge in [0.1, 0.15) is 17.2 Å². The largest absolute Gasteiger partial charge is 0.464 e. The van der Waals surface area contributed by atoms with Gasteiger partial charge in [0, 0.05) is 38.9 Å². The zero-order chi connectivity index (χ0) is 30.9. The molecular weight excluding hydrogens is 534 g/mol. The van der Waals surface area contributed by atoms with E-state index in [1.165, 1.54) is 4.90 Å². The standard InChI is InChI=1S/C27H47N7O7/c1-24(2,3)40-22(37)28-15-10-9-11-19(21(36)39-18-14-27(8)32-33-27)29-20(35)12-16-34(17-13-26(7)30-31-26)23(38)41-25(4,5)6/h19H,9-18H2,1-8H3,(H,28,37)(H,29,35)/t19-/m0/s1. The fourth-order valence-electron chi connectivity index (χ4n) is 3.51. The molecule has 0 aliphatic carbocycles. The predicted octanol–water partition coefficient (Wildman–Crippen LogP) is 4.48. The summed E-state index contributed by atoms with van der Waals surface area (Å²) in [6, 6.07) is -0.886. The smallest absolute Gasteiger partial charge is 0.410 e. The number of unbranched alkanes of at least 4 members (excludes halogenated alkanes) is 1. The van der Waals surface area contributed by atoms with Crippen molar-refractivity contribution in [3.63, 3.8) is 0 Å². The van der Waals surface area contributed by atoms with Crippen molar-refractivity contribution in [2.45, 2.75) is 122 Å². The number of carbonyl (C=O) groups is 4. The van der Waals surface area contributed by atoms with Crippen LogP contribution in [0.5, 0.6) is 0 Å². The predicted molar refractivity (Wildman–Crippen MR) is 149 cm³/mol. The lowest BCUT2D eigenvalue weighted by atomic mass is 10.1. The van der Waals surface area contributed by atoms with Crippen molar-refractivity contribution >= 4 is 24.1 Å². The zero-order valence-corrected chi connectivity index (χ0v) is 25.7. The molecule has 0 aromatic heterocycles. The number of amides is 3. The number of hydrogen-bond acceptors (Lipinski definition) is 11. The molecule has 3 amide bonds. The number of carbonyl (C=O) groups excluding carboxylic acids is 4. The van der Waals surface area contributed by atoms with Gasteiger partial charge >= 0.3 is 18.2 Å². The van der Waals surface area contributed by atoms with Crippen molar-refractivity contribution in [1.82, 2.24) is 15.5 Å². The van der Waals surface area contributed by atoms with E-state index in [1.54, 1.807) is 41.5 Å². The third kappa shape index (κ3) is 14.8. The van der Waals surface area contributed by atoms with E-state index >= 15 is 0 Å². The molecular formula is C27H47N7O7. The summed E-state index contributed by atoms with van der Waals surface area (Å²) in [5, 5.41) is 21.2. The minimum Gasteiger partial charge on any atom is -0.464 e. The Morgan fingerprint density at radius 1 is 0.829 bits per heavy atom. The molecule has 0 aromatic rings. The molecule has 1 atom stereocenters. The number of nitrogens with one attached hydrogen (secondary N) is 2. The van der Waals surface area contributed by atoms with Gasteiger partial charge in [0.25, 0.3) is 0 Å². The van der Waals surface area contributed by atoms with Crippen molar-refractivity contribution in [2.24, 2.45) is 20.5 Å². The van der Waals surface area contributed by atoms with Gasteiger partial charge in [0.05, 0.1) is 6.61 Å². The molecule has 14 heteroatoms. The van der Waals surface area contributed by atoms with E-state index < -0.39 is 52.6 Å². The summed E-state index contributed by atoms with van der Waals surface area (Å²) in [5.41, 5.74) is -2.30. The Bertz CT molecular complexity index is 989. The van der Waals surface area contributed by atoms with E-state index in [9.17, 15) is 19.2 Å². The summed E-state index contributed by atoms with van der Waals surface area (Å²) < 4.78 is 16.1. The molecule has 41 heavy (non-hydrogen) atoms. The normalized spacial score (nSPS) is 16.8. The molecule has 0 saturated carbocycles. The van der Waals surface area contributed by atoms with Crippen LogP contribution in [0.25, 0.3) is 0 Å². The molecule has 2 heterocycles. The number of nitrogens with zero attached hydrogens (tertiary/aromatic N) is 5. The highest BCUT2D eigenvalue weighted by Crippen LogP contribution is 2.31. The molecule has 0 saturated heterocycles. The van der Waals surface area contributed by atoms with Crippen molar-refractivity contribution in [3.05, 3.63) is 0 Å². The van der Waals surface area contributed by atoms with Gasteiger partial charge in [0.15, 0.2) is 11.3 Å². The first-order valence-corrected chi connectivity index (χ1v) is 14.2. The van der Waals surface area contributed by atoms with Crippen LogP contribution in [0, 0.1) is 0 Å². The fourth-order valence-corrected chi connectivity index (χ4v) is 3.51. The number of esters is 1. The first kappa shape index (κ1) is 33.9. The number of alkyl carbamates (subject to hydrolysis) is 1. The third-order valence-corrected chi connectivity index (χ3v) is 6.03. The lowest BCUT2D eigenvalue weighted by Gasteiger charge is -2.28. The van der Waals surface area contributed by atoms with E-state index in [1.807, 2.05) is 13.8 Å². The van der Waals surface area contributed by atoms with Crippen molar-refractivity contribution in [2.75, 3.05) is 26.2 Å². The van der Waals surface area contributed by atoms with Crippen LogP contribution in [0.15, 0.2) is 20.5 Å². The monoisotopic (exact) mass is 581 g/mol. The summed E-state index contributed by atoms with van der Waals surface area (Å²) in [4.78, 5) is 51.8. The number of rotatable bonds is 16. The van der Waals surface area contributed by atoms with Gasteiger partial charge in [-0.2, -0.15) is 20.5 Å². The quantitative estimate of drug-likeness (QED) is 0.154. The van der Waals surface area contributed by atoms with Crippen LogP contribution in [-0.2, 0) is 23.8 Å². The van der Waals surface area contributed by atoms with Gasteiger partial charge in [0.2, 0.25) is 5.91 Å². The number of ether oxygens (including phenoxy) is 3. The molecule has 0 fully saturated rings. The van der Waals surface area contributed by atoms with E-state index in [-0.39, 0.29) is 19.6 Å². The molecule has 0 unspecified atom stereocenters. The maximum atomic E-state index is 12.9. The third-order valence-electron chi connectivity index (χ3n) is 6.03. The molecule has 0 bridgehead atoms. The van der Waals surface area contributed by atoms with Gasteiger partial charge in [-0.15, -0.1) is 0 Å². The van der Waals surface area contributed by atoms with Crippen molar-refractivity contribution in [1.29, 1.82) is 0 Å². The molecule has 0 spiro atoms. The van der Waals surface area contributed by atoms with Crippen molar-refractivity contribution in [3.8, 4) is 0 Å². The highest BCUT2D eigenvalue weighted by atomic mass is 16.6. The fraction of sp³-hybridized carbons (Fsp3) is 0.852. The molecule has 0 radical (unpaired) electrons. The Morgan fingerprint density at radius 3 is 1.98 bits per heavy atom. The molecule has 2 rings (SSSR count). The zero-order valence-electron chi connectivity index (χ0n) is 25.7. The lowest BCUT2D eigenvalue weighted by Crippen LogP contribution is -2.44. The second-order valence-electron chi connectivity index (χ2n) is 12.8. The number of hydrogen-bond donors (Lipinski definition) is 2. The summed E-state index contributed by atoms with van der Waals surface area (Å²) >= 11 is 0. The van der Waals surface area contributed by atoms with Crippen LogP contribution >= 0.6 is 0 Å². The topological polar surface area (TPSA) is 173 Å². The Hall–Kier alpha value is -3.32. The van der Waals surface area contributed by atoms with Gasteiger partial charge < -0.3 is 29.7 Å².